The Bertz CT molecular complexity index is 547. The van der Waals surface area contributed by atoms with Crippen molar-refractivity contribution < 1.29 is 23.7 Å². The summed E-state index contributed by atoms with van der Waals surface area (Å²) < 4.78 is 21.3. The van der Waals surface area contributed by atoms with E-state index in [0.717, 1.165) is 0 Å². The molecule has 1 amide bonds. The fourth-order valence-electron chi connectivity index (χ4n) is 2.21. The van der Waals surface area contributed by atoms with Crippen LogP contribution in [0.2, 0.25) is 0 Å². The largest absolute Gasteiger partial charge is 0.493 e. The van der Waals surface area contributed by atoms with E-state index in [9.17, 15) is 4.79 Å². The molecular weight excluding hydrogens is 286 g/mol. The number of amides is 1. The third kappa shape index (κ3) is 3.43. The van der Waals surface area contributed by atoms with Gasteiger partial charge in [0.15, 0.2) is 11.5 Å². The van der Waals surface area contributed by atoms with Crippen LogP contribution in [0.25, 0.3) is 0 Å². The SMILES string of the molecule is C#CCOc1c(OC)cc(C(=O)N2CCOCC2)cc1OC. The van der Waals surface area contributed by atoms with Crippen LogP contribution in [0.1, 0.15) is 10.4 Å². The number of benzene rings is 1. The summed E-state index contributed by atoms with van der Waals surface area (Å²) >= 11 is 0. The van der Waals surface area contributed by atoms with Crippen molar-refractivity contribution >= 4 is 5.91 Å². The van der Waals surface area contributed by atoms with Gasteiger partial charge in [0, 0.05) is 18.7 Å². The standard InChI is InChI=1S/C16H19NO5/c1-4-7-22-15-13(19-2)10-12(11-14(15)20-3)16(18)17-5-8-21-9-6-17/h1,10-11H,5-9H2,2-3H3. The Hall–Kier alpha value is -2.39. The van der Waals surface area contributed by atoms with E-state index in [1.165, 1.54) is 14.2 Å². The van der Waals surface area contributed by atoms with Gasteiger partial charge in [-0.05, 0) is 12.1 Å². The van der Waals surface area contributed by atoms with Crippen LogP contribution in [0.15, 0.2) is 12.1 Å². The number of hydrogen-bond acceptors (Lipinski definition) is 5. The molecule has 1 aromatic rings. The first-order chi connectivity index (χ1) is 10.7. The summed E-state index contributed by atoms with van der Waals surface area (Å²) in [7, 11) is 3.00. The van der Waals surface area contributed by atoms with E-state index in [-0.39, 0.29) is 12.5 Å². The van der Waals surface area contributed by atoms with E-state index in [2.05, 4.69) is 5.92 Å². The van der Waals surface area contributed by atoms with Crippen molar-refractivity contribution in [3.05, 3.63) is 17.7 Å². The summed E-state index contributed by atoms with van der Waals surface area (Å²) in [6.07, 6.45) is 5.21. The number of terminal acetylenes is 1. The van der Waals surface area contributed by atoms with Crippen LogP contribution in [-0.4, -0.2) is 57.9 Å². The van der Waals surface area contributed by atoms with Crippen LogP contribution in [-0.2, 0) is 4.74 Å². The van der Waals surface area contributed by atoms with Gasteiger partial charge in [0.1, 0.15) is 6.61 Å². The van der Waals surface area contributed by atoms with Gasteiger partial charge in [0.2, 0.25) is 5.75 Å². The molecule has 1 saturated heterocycles. The Morgan fingerprint density at radius 3 is 2.36 bits per heavy atom. The number of nitrogens with zero attached hydrogens (tertiary/aromatic N) is 1. The molecule has 1 aliphatic rings. The van der Waals surface area contributed by atoms with Crippen molar-refractivity contribution in [2.24, 2.45) is 0 Å². The summed E-state index contributed by atoms with van der Waals surface area (Å²) in [6.45, 7) is 2.31. The number of morpholine rings is 1. The molecule has 0 unspecified atom stereocenters. The normalized spacial score (nSPS) is 14.1. The molecular formula is C16H19NO5. The minimum atomic E-state index is -0.0941. The second-order valence-corrected chi connectivity index (χ2v) is 4.61. The smallest absolute Gasteiger partial charge is 0.254 e. The lowest BCUT2D eigenvalue weighted by Gasteiger charge is -2.27. The molecule has 6 heteroatoms. The minimum absolute atomic E-state index is 0.0868. The highest BCUT2D eigenvalue weighted by Crippen LogP contribution is 2.38. The van der Waals surface area contributed by atoms with Crippen molar-refractivity contribution in [2.75, 3.05) is 47.1 Å². The van der Waals surface area contributed by atoms with Crippen LogP contribution in [0.4, 0.5) is 0 Å². The lowest BCUT2D eigenvalue weighted by molar-refractivity contribution is 0.0302. The summed E-state index contributed by atoms with van der Waals surface area (Å²) in [6, 6.07) is 3.26. The maximum Gasteiger partial charge on any atom is 0.254 e. The molecule has 22 heavy (non-hydrogen) atoms. The van der Waals surface area contributed by atoms with Gasteiger partial charge in [-0.3, -0.25) is 4.79 Å². The monoisotopic (exact) mass is 305 g/mol. The number of carbonyl (C=O) groups is 1. The third-order valence-corrected chi connectivity index (χ3v) is 3.31. The first-order valence-corrected chi connectivity index (χ1v) is 6.90. The lowest BCUT2D eigenvalue weighted by atomic mass is 10.1. The molecule has 6 nitrogen and oxygen atoms in total. The van der Waals surface area contributed by atoms with Crippen LogP contribution in [0.3, 0.4) is 0 Å². The van der Waals surface area contributed by atoms with Crippen molar-refractivity contribution in [3.8, 4) is 29.6 Å². The number of carbonyl (C=O) groups excluding carboxylic acids is 1. The van der Waals surface area contributed by atoms with Crippen molar-refractivity contribution in [1.29, 1.82) is 0 Å². The van der Waals surface area contributed by atoms with E-state index in [1.807, 2.05) is 0 Å². The predicted octanol–water partition coefficient (Wildman–Crippen LogP) is 1.19. The second-order valence-electron chi connectivity index (χ2n) is 4.61. The molecule has 1 fully saturated rings. The lowest BCUT2D eigenvalue weighted by Crippen LogP contribution is -2.40. The van der Waals surface area contributed by atoms with Crippen molar-refractivity contribution in [1.82, 2.24) is 4.90 Å². The molecule has 0 aromatic heterocycles. The number of rotatable bonds is 5. The maximum atomic E-state index is 12.5. The Kier molecular flexibility index (Phi) is 5.50. The van der Waals surface area contributed by atoms with E-state index >= 15 is 0 Å². The quantitative estimate of drug-likeness (QED) is 0.765. The summed E-state index contributed by atoms with van der Waals surface area (Å²) in [5.74, 6) is 3.50. The summed E-state index contributed by atoms with van der Waals surface area (Å²) in [5, 5.41) is 0. The van der Waals surface area contributed by atoms with E-state index in [0.29, 0.717) is 49.1 Å². The highest BCUT2D eigenvalue weighted by Gasteiger charge is 2.22. The Labute approximate surface area is 129 Å². The van der Waals surface area contributed by atoms with Crippen LogP contribution >= 0.6 is 0 Å². The van der Waals surface area contributed by atoms with Gasteiger partial charge in [0.05, 0.1) is 27.4 Å². The second kappa shape index (κ2) is 7.57. The molecule has 0 saturated carbocycles. The zero-order valence-corrected chi connectivity index (χ0v) is 12.8. The molecule has 0 radical (unpaired) electrons. The Balaban J connectivity index is 2.32. The van der Waals surface area contributed by atoms with E-state index in [1.54, 1.807) is 17.0 Å². The summed E-state index contributed by atoms with van der Waals surface area (Å²) in [5.41, 5.74) is 0.476. The molecule has 2 rings (SSSR count). The molecule has 1 aromatic carbocycles. The predicted molar refractivity (Wildman–Crippen MR) is 80.6 cm³/mol. The maximum absolute atomic E-state index is 12.5. The summed E-state index contributed by atoms with van der Waals surface area (Å²) in [4.78, 5) is 14.3. The Morgan fingerprint density at radius 1 is 1.27 bits per heavy atom. The topological polar surface area (TPSA) is 57.2 Å². The average molecular weight is 305 g/mol. The molecule has 0 aliphatic carbocycles. The fourth-order valence-corrected chi connectivity index (χ4v) is 2.21. The van der Waals surface area contributed by atoms with Crippen molar-refractivity contribution in [2.45, 2.75) is 0 Å². The van der Waals surface area contributed by atoms with Crippen LogP contribution in [0.5, 0.6) is 17.2 Å². The Morgan fingerprint density at radius 2 is 1.86 bits per heavy atom. The van der Waals surface area contributed by atoms with Gasteiger partial charge < -0.3 is 23.8 Å². The van der Waals surface area contributed by atoms with Crippen LogP contribution < -0.4 is 14.2 Å². The van der Waals surface area contributed by atoms with E-state index < -0.39 is 0 Å². The first-order valence-electron chi connectivity index (χ1n) is 6.90. The highest BCUT2D eigenvalue weighted by molar-refractivity contribution is 5.95. The molecule has 0 N–H and O–H groups in total. The van der Waals surface area contributed by atoms with E-state index in [4.69, 9.17) is 25.4 Å². The van der Waals surface area contributed by atoms with Gasteiger partial charge in [-0.2, -0.15) is 0 Å². The van der Waals surface area contributed by atoms with Gasteiger partial charge in [0.25, 0.3) is 5.91 Å². The van der Waals surface area contributed by atoms with Crippen LogP contribution in [0, 0.1) is 12.3 Å². The minimum Gasteiger partial charge on any atom is -0.493 e. The number of hydrogen-bond donors (Lipinski definition) is 0. The zero-order valence-electron chi connectivity index (χ0n) is 12.8. The molecule has 118 valence electrons. The molecule has 0 atom stereocenters. The molecule has 0 spiro atoms. The van der Waals surface area contributed by atoms with Gasteiger partial charge in [-0.1, -0.05) is 5.92 Å². The van der Waals surface area contributed by atoms with Gasteiger partial charge in [-0.15, -0.1) is 6.42 Å². The fraction of sp³-hybridized carbons (Fsp3) is 0.438. The van der Waals surface area contributed by atoms with Gasteiger partial charge in [-0.25, -0.2) is 0 Å². The number of ether oxygens (including phenoxy) is 4. The first kappa shape index (κ1) is 16.0. The van der Waals surface area contributed by atoms with Gasteiger partial charge >= 0.3 is 0 Å². The zero-order chi connectivity index (χ0) is 15.9. The molecule has 1 aliphatic heterocycles. The third-order valence-electron chi connectivity index (χ3n) is 3.31. The molecule has 1 heterocycles. The number of methoxy groups -OCH3 is 2. The molecule has 0 bridgehead atoms. The average Bonchev–Trinajstić information content (AvgIpc) is 2.59. The van der Waals surface area contributed by atoms with Crippen molar-refractivity contribution in [3.63, 3.8) is 0 Å². The highest BCUT2D eigenvalue weighted by atomic mass is 16.5.